The van der Waals surface area contributed by atoms with Gasteiger partial charge in [0.15, 0.2) is 0 Å². The number of fused-ring (bicyclic) bond motifs is 1. The van der Waals surface area contributed by atoms with E-state index in [-0.39, 0.29) is 5.78 Å². The zero-order valence-corrected chi connectivity index (χ0v) is 10.9. The third-order valence-corrected chi connectivity index (χ3v) is 3.09. The number of ether oxygens (including phenoxy) is 1. The van der Waals surface area contributed by atoms with Crippen molar-refractivity contribution in [2.24, 2.45) is 0 Å². The largest absolute Gasteiger partial charge is 0.497 e. The van der Waals surface area contributed by atoms with Crippen molar-refractivity contribution in [3.05, 3.63) is 23.8 Å². The third-order valence-electron chi connectivity index (χ3n) is 3.09. The van der Waals surface area contributed by atoms with Crippen molar-refractivity contribution in [1.82, 2.24) is 0 Å². The van der Waals surface area contributed by atoms with Gasteiger partial charge in [-0.2, -0.15) is 0 Å². The number of hydrogen-bond donors (Lipinski definition) is 0. The van der Waals surface area contributed by atoms with E-state index in [4.69, 9.17) is 4.74 Å². The van der Waals surface area contributed by atoms with Gasteiger partial charge in [0.25, 0.3) is 11.7 Å². The predicted molar refractivity (Wildman–Crippen MR) is 69.6 cm³/mol. The molecule has 5 heteroatoms. The molecule has 0 aromatic heterocycles. The fraction of sp³-hybridized carbons (Fsp3) is 0.357. The highest BCUT2D eigenvalue weighted by Crippen LogP contribution is 2.32. The minimum atomic E-state index is -0.535. The van der Waals surface area contributed by atoms with Gasteiger partial charge in [-0.3, -0.25) is 9.59 Å². The molecule has 0 N–H and O–H groups in total. The van der Waals surface area contributed by atoms with Crippen molar-refractivity contribution in [3.8, 4) is 5.75 Å². The lowest BCUT2D eigenvalue weighted by molar-refractivity contribution is -0.117. The maximum atomic E-state index is 11.9. The van der Waals surface area contributed by atoms with E-state index in [0.717, 1.165) is 0 Å². The van der Waals surface area contributed by atoms with E-state index in [1.165, 1.54) is 18.9 Å². The number of methoxy groups -OCH3 is 1. The van der Waals surface area contributed by atoms with E-state index >= 15 is 0 Å². The third kappa shape index (κ3) is 2.50. The molecule has 1 aromatic carbocycles. The molecule has 19 heavy (non-hydrogen) atoms. The van der Waals surface area contributed by atoms with Crippen molar-refractivity contribution in [3.63, 3.8) is 0 Å². The summed E-state index contributed by atoms with van der Waals surface area (Å²) in [6, 6.07) is 4.92. The molecule has 1 heterocycles. The van der Waals surface area contributed by atoms with E-state index in [1.54, 1.807) is 18.2 Å². The molecule has 0 spiro atoms. The van der Waals surface area contributed by atoms with Gasteiger partial charge in [-0.25, -0.2) is 0 Å². The summed E-state index contributed by atoms with van der Waals surface area (Å²) in [5.74, 6) is -0.367. The van der Waals surface area contributed by atoms with Crippen LogP contribution in [0.15, 0.2) is 18.2 Å². The minimum Gasteiger partial charge on any atom is -0.497 e. The molecule has 0 aliphatic carbocycles. The molecular formula is C14H15NO4. The summed E-state index contributed by atoms with van der Waals surface area (Å²) in [7, 11) is 1.53. The van der Waals surface area contributed by atoms with Gasteiger partial charge in [0.1, 0.15) is 11.5 Å². The van der Waals surface area contributed by atoms with E-state index in [2.05, 4.69) is 0 Å². The summed E-state index contributed by atoms with van der Waals surface area (Å²) < 4.78 is 5.10. The number of ketones is 2. The number of Topliss-reactive ketones (excluding diaryl/α,β-unsaturated/α-hetero) is 2. The molecule has 1 aromatic rings. The molecule has 0 atom stereocenters. The second-order valence-electron chi connectivity index (χ2n) is 4.47. The van der Waals surface area contributed by atoms with Crippen molar-refractivity contribution in [2.45, 2.75) is 19.8 Å². The van der Waals surface area contributed by atoms with Crippen LogP contribution in [0.25, 0.3) is 0 Å². The fourth-order valence-electron chi connectivity index (χ4n) is 2.11. The number of carbonyl (C=O) groups excluding carboxylic acids is 3. The first-order valence-corrected chi connectivity index (χ1v) is 6.08. The number of carbonyl (C=O) groups is 3. The Bertz CT molecular complexity index is 550. The molecule has 0 bridgehead atoms. The maximum absolute atomic E-state index is 11.9. The zero-order valence-electron chi connectivity index (χ0n) is 10.9. The average molecular weight is 261 g/mol. The van der Waals surface area contributed by atoms with E-state index in [9.17, 15) is 14.4 Å². The van der Waals surface area contributed by atoms with Gasteiger partial charge in [0, 0.05) is 19.0 Å². The lowest BCUT2D eigenvalue weighted by Crippen LogP contribution is -2.30. The Hall–Kier alpha value is -2.17. The lowest BCUT2D eigenvalue weighted by atomic mass is 10.1. The number of amides is 1. The first kappa shape index (κ1) is 13.3. The molecule has 1 aliphatic heterocycles. The smallest absolute Gasteiger partial charge is 0.299 e. The number of benzene rings is 1. The first-order valence-electron chi connectivity index (χ1n) is 6.08. The van der Waals surface area contributed by atoms with Crippen LogP contribution in [-0.2, 0) is 9.59 Å². The predicted octanol–water partition coefficient (Wildman–Crippen LogP) is 1.59. The van der Waals surface area contributed by atoms with Crippen LogP contribution in [0, 0.1) is 0 Å². The van der Waals surface area contributed by atoms with Gasteiger partial charge in [-0.05, 0) is 25.5 Å². The van der Waals surface area contributed by atoms with E-state index in [0.29, 0.717) is 36.4 Å². The summed E-state index contributed by atoms with van der Waals surface area (Å²) >= 11 is 0. The van der Waals surface area contributed by atoms with Crippen LogP contribution in [0.3, 0.4) is 0 Å². The van der Waals surface area contributed by atoms with Crippen molar-refractivity contribution in [2.75, 3.05) is 18.6 Å². The van der Waals surface area contributed by atoms with Crippen molar-refractivity contribution < 1.29 is 19.1 Å². The molecule has 0 saturated heterocycles. The summed E-state index contributed by atoms with van der Waals surface area (Å²) in [5, 5.41) is 0. The normalized spacial score (nSPS) is 13.7. The molecular weight excluding hydrogens is 246 g/mol. The fourth-order valence-corrected chi connectivity index (χ4v) is 2.11. The second kappa shape index (κ2) is 5.22. The Morgan fingerprint density at radius 1 is 1.32 bits per heavy atom. The number of anilines is 1. The molecule has 5 nitrogen and oxygen atoms in total. The lowest BCUT2D eigenvalue weighted by Gasteiger charge is -2.16. The Balaban J connectivity index is 2.24. The van der Waals surface area contributed by atoms with Gasteiger partial charge in [-0.1, -0.05) is 0 Å². The minimum absolute atomic E-state index is 0.0730. The summed E-state index contributed by atoms with van der Waals surface area (Å²) in [5.41, 5.74) is 0.964. The molecule has 1 amide bonds. The summed E-state index contributed by atoms with van der Waals surface area (Å²) in [6.45, 7) is 1.87. The van der Waals surface area contributed by atoms with Gasteiger partial charge in [0.2, 0.25) is 0 Å². The van der Waals surface area contributed by atoms with Crippen molar-refractivity contribution in [1.29, 1.82) is 0 Å². The highest BCUT2D eigenvalue weighted by Gasteiger charge is 2.35. The number of rotatable bonds is 5. The Morgan fingerprint density at radius 2 is 2.05 bits per heavy atom. The second-order valence-corrected chi connectivity index (χ2v) is 4.47. The number of hydrogen-bond acceptors (Lipinski definition) is 4. The van der Waals surface area contributed by atoms with E-state index < -0.39 is 11.7 Å². The monoisotopic (exact) mass is 261 g/mol. The molecule has 1 aliphatic rings. The van der Waals surface area contributed by atoms with Crippen molar-refractivity contribution >= 4 is 23.2 Å². The van der Waals surface area contributed by atoms with E-state index in [1.807, 2.05) is 0 Å². The Morgan fingerprint density at radius 3 is 2.68 bits per heavy atom. The summed E-state index contributed by atoms with van der Waals surface area (Å²) in [6.07, 6.45) is 0.947. The molecule has 0 unspecified atom stereocenters. The first-order chi connectivity index (χ1) is 9.04. The molecule has 0 saturated carbocycles. The van der Waals surface area contributed by atoms with Gasteiger partial charge in [0.05, 0.1) is 18.4 Å². The van der Waals surface area contributed by atoms with Crippen LogP contribution >= 0.6 is 0 Å². The topological polar surface area (TPSA) is 63.7 Å². The standard InChI is InChI=1S/C14H15NO4/c1-9(16)4-3-7-15-12-8-10(19-2)5-6-11(12)13(17)14(15)18/h5-6,8H,3-4,7H2,1-2H3. The van der Waals surface area contributed by atoms with Crippen LogP contribution in [0.2, 0.25) is 0 Å². The highest BCUT2D eigenvalue weighted by molar-refractivity contribution is 6.52. The summed E-state index contributed by atoms with van der Waals surface area (Å²) in [4.78, 5) is 36.0. The molecule has 0 fully saturated rings. The van der Waals surface area contributed by atoms with Crippen LogP contribution in [-0.4, -0.2) is 31.1 Å². The zero-order chi connectivity index (χ0) is 14.0. The average Bonchev–Trinajstić information content (AvgIpc) is 2.63. The number of nitrogens with zero attached hydrogens (tertiary/aromatic N) is 1. The Kier molecular flexibility index (Phi) is 3.64. The van der Waals surface area contributed by atoms with Gasteiger partial charge < -0.3 is 14.4 Å². The van der Waals surface area contributed by atoms with Gasteiger partial charge >= 0.3 is 0 Å². The molecule has 100 valence electrons. The molecule has 0 radical (unpaired) electrons. The maximum Gasteiger partial charge on any atom is 0.299 e. The molecule has 2 rings (SSSR count). The van der Waals surface area contributed by atoms with Crippen LogP contribution in [0.5, 0.6) is 5.75 Å². The van der Waals surface area contributed by atoms with Crippen LogP contribution < -0.4 is 9.64 Å². The quantitative estimate of drug-likeness (QED) is 0.755. The highest BCUT2D eigenvalue weighted by atomic mass is 16.5. The van der Waals surface area contributed by atoms with Crippen LogP contribution in [0.1, 0.15) is 30.1 Å². The van der Waals surface area contributed by atoms with Crippen LogP contribution in [0.4, 0.5) is 5.69 Å². The Labute approximate surface area is 111 Å². The van der Waals surface area contributed by atoms with Gasteiger partial charge in [-0.15, -0.1) is 0 Å². The SMILES string of the molecule is COc1ccc2c(c1)N(CCCC(C)=O)C(=O)C2=O.